The van der Waals surface area contributed by atoms with Gasteiger partial charge >= 0.3 is 0 Å². The number of amides is 1. The van der Waals surface area contributed by atoms with E-state index in [0.29, 0.717) is 12.4 Å². The van der Waals surface area contributed by atoms with E-state index in [2.05, 4.69) is 12.5 Å². The second-order valence-corrected chi connectivity index (χ2v) is 6.22. The number of likely N-dealkylation sites (N-methyl/N-ethyl adjacent to an activating group) is 1. The first-order valence-corrected chi connectivity index (χ1v) is 8.37. The van der Waals surface area contributed by atoms with Crippen molar-refractivity contribution in [3.8, 4) is 5.75 Å². The first-order valence-electron chi connectivity index (χ1n) is 7.38. The molecule has 1 saturated heterocycles. The summed E-state index contributed by atoms with van der Waals surface area (Å²) in [6.45, 7) is 6.63. The Hall–Kier alpha value is -1.24. The second kappa shape index (κ2) is 8.26. The summed E-state index contributed by atoms with van der Waals surface area (Å²) in [6.07, 6.45) is 0. The first-order chi connectivity index (χ1) is 10.2. The first kappa shape index (κ1) is 16.1. The number of hydrogen-bond donors (Lipinski definition) is 2. The molecule has 0 radical (unpaired) electrons. The average Bonchev–Trinajstić information content (AvgIpc) is 2.49. The molecule has 21 heavy (non-hydrogen) atoms. The van der Waals surface area contributed by atoms with Gasteiger partial charge in [-0.1, -0.05) is 0 Å². The van der Waals surface area contributed by atoms with Crippen LogP contribution in [0.1, 0.15) is 6.92 Å². The lowest BCUT2D eigenvalue weighted by Crippen LogP contribution is -3.12. The van der Waals surface area contributed by atoms with Crippen molar-refractivity contribution in [2.75, 3.05) is 45.6 Å². The van der Waals surface area contributed by atoms with Gasteiger partial charge in [0.1, 0.15) is 5.75 Å². The number of thioether (sulfide) groups is 1. The maximum absolute atomic E-state index is 11.9. The summed E-state index contributed by atoms with van der Waals surface area (Å²) in [5.41, 5.74) is 2.98. The summed E-state index contributed by atoms with van der Waals surface area (Å²) in [5, 5.41) is 2.02. The lowest BCUT2D eigenvalue weighted by Gasteiger charge is -2.30. The molecule has 1 aliphatic rings. The maximum atomic E-state index is 11.9. The van der Waals surface area contributed by atoms with Crippen molar-refractivity contribution in [2.45, 2.75) is 11.8 Å². The van der Waals surface area contributed by atoms with Crippen LogP contribution in [0.4, 0.5) is 0 Å². The molecule has 5 nitrogen and oxygen atoms in total. The highest BCUT2D eigenvalue weighted by Crippen LogP contribution is 2.21. The van der Waals surface area contributed by atoms with Crippen molar-refractivity contribution in [1.29, 1.82) is 0 Å². The molecule has 0 bridgehead atoms. The summed E-state index contributed by atoms with van der Waals surface area (Å²) in [5.74, 6) is 1.37. The monoisotopic (exact) mass is 310 g/mol. The average molecular weight is 310 g/mol. The van der Waals surface area contributed by atoms with Crippen molar-refractivity contribution in [2.24, 2.45) is 0 Å². The van der Waals surface area contributed by atoms with E-state index in [1.54, 1.807) is 11.8 Å². The van der Waals surface area contributed by atoms with Gasteiger partial charge in [-0.3, -0.25) is 10.2 Å². The Balaban J connectivity index is 1.71. The lowest BCUT2D eigenvalue weighted by molar-refractivity contribution is -0.884. The van der Waals surface area contributed by atoms with E-state index in [4.69, 9.17) is 4.74 Å². The van der Waals surface area contributed by atoms with Crippen molar-refractivity contribution in [3.05, 3.63) is 24.3 Å². The van der Waals surface area contributed by atoms with Gasteiger partial charge < -0.3 is 9.64 Å². The van der Waals surface area contributed by atoms with Gasteiger partial charge in [0.15, 0.2) is 0 Å². The molecule has 1 aromatic carbocycles. The van der Waals surface area contributed by atoms with Crippen LogP contribution in [0, 0.1) is 0 Å². The number of hydrogen-bond acceptors (Lipinski definition) is 4. The van der Waals surface area contributed by atoms with Crippen molar-refractivity contribution < 1.29 is 14.4 Å². The zero-order chi connectivity index (χ0) is 15.1. The molecule has 116 valence electrons. The summed E-state index contributed by atoms with van der Waals surface area (Å²) < 4.78 is 5.40. The predicted octanol–water partition coefficient (Wildman–Crippen LogP) is 0.0389. The number of carbonyl (C=O) groups is 1. The van der Waals surface area contributed by atoms with Gasteiger partial charge in [-0.15, -0.1) is 11.8 Å². The summed E-state index contributed by atoms with van der Waals surface area (Å²) in [4.78, 5) is 14.5. The van der Waals surface area contributed by atoms with Gasteiger partial charge in [0, 0.05) is 4.90 Å². The van der Waals surface area contributed by atoms with E-state index in [0.717, 1.165) is 36.8 Å². The minimum absolute atomic E-state index is 0.0634. The Kier molecular flexibility index (Phi) is 6.35. The standard InChI is InChI=1S/C15H23N3O2S/c1-3-20-13-4-6-14(7-5-13)21-12-15(19)16-18-10-8-17(2)9-11-18/h4-7H,3,8-12H2,1-2H3,(H,16,19)/p+1. The molecule has 1 aromatic rings. The number of nitrogens with zero attached hydrogens (tertiary/aromatic N) is 1. The molecular formula is C15H24N3O2S+. The Morgan fingerprint density at radius 2 is 2.00 bits per heavy atom. The zero-order valence-electron chi connectivity index (χ0n) is 12.7. The third kappa shape index (κ3) is 5.57. The van der Waals surface area contributed by atoms with Gasteiger partial charge in [-0.25, -0.2) is 5.01 Å². The molecule has 0 atom stereocenters. The van der Waals surface area contributed by atoms with Crippen LogP contribution in [0.3, 0.4) is 0 Å². The molecule has 1 amide bonds. The summed E-state index contributed by atoms with van der Waals surface area (Å²) in [7, 11) is 2.18. The smallest absolute Gasteiger partial charge is 0.244 e. The van der Waals surface area contributed by atoms with E-state index >= 15 is 0 Å². The number of benzene rings is 1. The van der Waals surface area contributed by atoms with Crippen LogP contribution in [0.25, 0.3) is 0 Å². The second-order valence-electron chi connectivity index (χ2n) is 5.17. The fourth-order valence-electron chi connectivity index (χ4n) is 2.16. The Morgan fingerprint density at radius 3 is 2.62 bits per heavy atom. The predicted molar refractivity (Wildman–Crippen MR) is 84.7 cm³/mol. The molecule has 1 fully saturated rings. The van der Waals surface area contributed by atoms with E-state index in [1.165, 1.54) is 4.90 Å². The van der Waals surface area contributed by atoms with Crippen molar-refractivity contribution >= 4 is 17.7 Å². The van der Waals surface area contributed by atoms with Gasteiger partial charge in [0.2, 0.25) is 5.91 Å². The fourth-order valence-corrected chi connectivity index (χ4v) is 2.85. The third-order valence-corrected chi connectivity index (χ3v) is 4.42. The van der Waals surface area contributed by atoms with Crippen LogP contribution in [-0.4, -0.2) is 56.5 Å². The normalized spacial score (nSPS) is 16.7. The lowest BCUT2D eigenvalue weighted by atomic mass is 10.3. The zero-order valence-corrected chi connectivity index (χ0v) is 13.5. The van der Waals surface area contributed by atoms with Gasteiger partial charge in [-0.05, 0) is 31.2 Å². The number of nitrogens with one attached hydrogen (secondary N) is 2. The third-order valence-electron chi connectivity index (χ3n) is 3.40. The highest BCUT2D eigenvalue weighted by atomic mass is 32.2. The number of hydrazine groups is 1. The molecule has 2 rings (SSSR count). The number of rotatable bonds is 6. The van der Waals surface area contributed by atoms with E-state index in [9.17, 15) is 4.79 Å². The Morgan fingerprint density at radius 1 is 1.33 bits per heavy atom. The largest absolute Gasteiger partial charge is 0.494 e. The van der Waals surface area contributed by atoms with Crippen LogP contribution in [-0.2, 0) is 4.79 Å². The van der Waals surface area contributed by atoms with Crippen LogP contribution in [0.5, 0.6) is 5.75 Å². The molecule has 0 unspecified atom stereocenters. The summed E-state index contributed by atoms with van der Waals surface area (Å²) in [6, 6.07) is 7.85. The van der Waals surface area contributed by atoms with E-state index in [-0.39, 0.29) is 5.91 Å². The number of carbonyl (C=O) groups excluding carboxylic acids is 1. The highest BCUT2D eigenvalue weighted by Gasteiger charge is 2.18. The SMILES string of the molecule is CCOc1ccc(SCC(=O)NN2CC[NH+](C)CC2)cc1. The number of quaternary nitrogens is 1. The van der Waals surface area contributed by atoms with Crippen LogP contribution in [0.2, 0.25) is 0 Å². The topological polar surface area (TPSA) is 46.0 Å². The molecule has 6 heteroatoms. The molecule has 2 N–H and O–H groups in total. The van der Waals surface area contributed by atoms with Crippen molar-refractivity contribution in [1.82, 2.24) is 10.4 Å². The Bertz CT molecular complexity index is 445. The van der Waals surface area contributed by atoms with Gasteiger partial charge in [0.05, 0.1) is 45.6 Å². The molecule has 1 aliphatic heterocycles. The summed E-state index contributed by atoms with van der Waals surface area (Å²) >= 11 is 1.54. The van der Waals surface area contributed by atoms with Crippen LogP contribution >= 0.6 is 11.8 Å². The van der Waals surface area contributed by atoms with E-state index in [1.807, 2.05) is 36.2 Å². The molecular weight excluding hydrogens is 286 g/mol. The molecule has 0 saturated carbocycles. The molecule has 1 heterocycles. The number of piperazine rings is 1. The van der Waals surface area contributed by atoms with Crippen LogP contribution in [0.15, 0.2) is 29.2 Å². The maximum Gasteiger partial charge on any atom is 0.244 e. The minimum Gasteiger partial charge on any atom is -0.494 e. The number of ether oxygens (including phenoxy) is 1. The van der Waals surface area contributed by atoms with Crippen LogP contribution < -0.4 is 15.1 Å². The van der Waals surface area contributed by atoms with Crippen molar-refractivity contribution in [3.63, 3.8) is 0 Å². The minimum atomic E-state index is 0.0634. The highest BCUT2D eigenvalue weighted by molar-refractivity contribution is 8.00. The van der Waals surface area contributed by atoms with Gasteiger partial charge in [-0.2, -0.15) is 0 Å². The quantitative estimate of drug-likeness (QED) is 0.728. The molecule has 0 aromatic heterocycles. The fraction of sp³-hybridized carbons (Fsp3) is 0.533. The Labute approximate surface area is 130 Å². The van der Waals surface area contributed by atoms with Gasteiger partial charge in [0.25, 0.3) is 0 Å². The molecule has 0 spiro atoms. The molecule has 0 aliphatic carbocycles. The van der Waals surface area contributed by atoms with E-state index < -0.39 is 0 Å².